The molecule has 0 spiro atoms. The summed E-state index contributed by atoms with van der Waals surface area (Å²) in [6.07, 6.45) is 2.11. The molecule has 1 aromatic heterocycles. The van der Waals surface area contributed by atoms with E-state index in [1.54, 1.807) is 6.92 Å². The van der Waals surface area contributed by atoms with Crippen molar-refractivity contribution in [3.63, 3.8) is 0 Å². The monoisotopic (exact) mass is 222 g/mol. The smallest absolute Gasteiger partial charge is 0.252 e. The van der Waals surface area contributed by atoms with Crippen molar-refractivity contribution in [1.29, 1.82) is 0 Å². The van der Waals surface area contributed by atoms with Gasteiger partial charge in [0, 0.05) is 12.0 Å². The normalized spacial score (nSPS) is 16.8. The molecule has 86 valence electrons. The summed E-state index contributed by atoms with van der Waals surface area (Å²) < 4.78 is 0. The van der Waals surface area contributed by atoms with Crippen molar-refractivity contribution in [2.45, 2.75) is 31.7 Å². The van der Waals surface area contributed by atoms with Gasteiger partial charge in [0.2, 0.25) is 5.91 Å². The average molecular weight is 222 g/mol. The lowest BCUT2D eigenvalue weighted by atomic mass is 10.3. The number of anilines is 1. The van der Waals surface area contributed by atoms with Gasteiger partial charge in [0.05, 0.1) is 0 Å². The molecule has 1 aliphatic rings. The van der Waals surface area contributed by atoms with Gasteiger partial charge in [0.15, 0.2) is 0 Å². The van der Waals surface area contributed by atoms with E-state index in [0.717, 1.165) is 12.8 Å². The molecule has 0 bridgehead atoms. The molecule has 2 rings (SSSR count). The number of nitrogens with zero attached hydrogens (tertiary/aromatic N) is 1. The number of rotatable bonds is 4. The highest BCUT2D eigenvalue weighted by atomic mass is 16.1. The topological polar surface area (TPSA) is 101 Å². The quantitative estimate of drug-likeness (QED) is 0.663. The Bertz CT molecular complexity index is 464. The fraction of sp³-hybridized carbons (Fsp3) is 0.500. The zero-order valence-corrected chi connectivity index (χ0v) is 8.99. The lowest BCUT2D eigenvalue weighted by molar-refractivity contribution is -0.118. The van der Waals surface area contributed by atoms with Crippen LogP contribution in [-0.2, 0) is 4.79 Å². The van der Waals surface area contributed by atoms with E-state index >= 15 is 0 Å². The molecule has 1 atom stereocenters. The van der Waals surface area contributed by atoms with Crippen LogP contribution in [-0.4, -0.2) is 21.9 Å². The summed E-state index contributed by atoms with van der Waals surface area (Å²) in [7, 11) is 0. The second-order valence-corrected chi connectivity index (χ2v) is 4.06. The number of H-pyrrole nitrogens is 1. The van der Waals surface area contributed by atoms with E-state index in [1.165, 1.54) is 6.07 Å². The van der Waals surface area contributed by atoms with Crippen LogP contribution in [0.1, 0.15) is 31.5 Å². The number of hydrogen-bond acceptors (Lipinski definition) is 4. The fourth-order valence-electron chi connectivity index (χ4n) is 1.39. The van der Waals surface area contributed by atoms with E-state index < -0.39 is 11.9 Å². The van der Waals surface area contributed by atoms with Gasteiger partial charge in [-0.05, 0) is 19.8 Å². The Hall–Kier alpha value is -1.85. The predicted molar refractivity (Wildman–Crippen MR) is 59.1 cm³/mol. The SMILES string of the molecule is CC(Nc1cc(=O)[nH]c(C2CC2)n1)C(N)=O. The second-order valence-electron chi connectivity index (χ2n) is 4.06. The summed E-state index contributed by atoms with van der Waals surface area (Å²) in [5.41, 5.74) is 4.90. The first-order valence-electron chi connectivity index (χ1n) is 5.23. The van der Waals surface area contributed by atoms with Gasteiger partial charge < -0.3 is 16.0 Å². The van der Waals surface area contributed by atoms with Gasteiger partial charge in [0.1, 0.15) is 17.7 Å². The third-order valence-corrected chi connectivity index (χ3v) is 2.52. The second kappa shape index (κ2) is 3.96. The highest BCUT2D eigenvalue weighted by Crippen LogP contribution is 2.37. The predicted octanol–water partition coefficient (Wildman–Crippen LogP) is -0.0670. The van der Waals surface area contributed by atoms with Gasteiger partial charge >= 0.3 is 0 Å². The molecule has 1 unspecified atom stereocenters. The van der Waals surface area contributed by atoms with Crippen molar-refractivity contribution >= 4 is 11.7 Å². The number of nitrogens with one attached hydrogen (secondary N) is 2. The number of carbonyl (C=O) groups excluding carboxylic acids is 1. The molecular weight excluding hydrogens is 208 g/mol. The van der Waals surface area contributed by atoms with Crippen LogP contribution in [0, 0.1) is 0 Å². The Labute approximate surface area is 92.3 Å². The standard InChI is InChI=1S/C10H14N4O2/c1-5(9(11)16)12-7-4-8(15)14-10(13-7)6-2-3-6/h4-6H,2-3H2,1H3,(H2,11,16)(H2,12,13,14,15). The third-order valence-electron chi connectivity index (χ3n) is 2.52. The highest BCUT2D eigenvalue weighted by molar-refractivity contribution is 5.82. The van der Waals surface area contributed by atoms with E-state index in [4.69, 9.17) is 5.73 Å². The van der Waals surface area contributed by atoms with E-state index in [2.05, 4.69) is 15.3 Å². The summed E-state index contributed by atoms with van der Waals surface area (Å²) in [5.74, 6) is 0.969. The molecule has 0 aliphatic heterocycles. The fourth-order valence-corrected chi connectivity index (χ4v) is 1.39. The van der Waals surface area contributed by atoms with Crippen LogP contribution in [0.25, 0.3) is 0 Å². The van der Waals surface area contributed by atoms with Crippen LogP contribution in [0.15, 0.2) is 10.9 Å². The van der Waals surface area contributed by atoms with Crippen molar-refractivity contribution < 1.29 is 4.79 Å². The largest absolute Gasteiger partial charge is 0.368 e. The summed E-state index contributed by atoms with van der Waals surface area (Å²) >= 11 is 0. The Morgan fingerprint density at radius 2 is 2.38 bits per heavy atom. The third kappa shape index (κ3) is 2.39. The minimum absolute atomic E-state index is 0.212. The van der Waals surface area contributed by atoms with Gasteiger partial charge in [0.25, 0.3) is 5.56 Å². The zero-order chi connectivity index (χ0) is 11.7. The molecule has 4 N–H and O–H groups in total. The van der Waals surface area contributed by atoms with Gasteiger partial charge in [-0.1, -0.05) is 0 Å². The molecule has 0 aromatic carbocycles. The molecule has 1 saturated carbocycles. The molecule has 1 aliphatic carbocycles. The van der Waals surface area contributed by atoms with Crippen molar-refractivity contribution in [2.24, 2.45) is 5.73 Å². The summed E-state index contributed by atoms with van der Waals surface area (Å²) in [4.78, 5) is 29.1. The van der Waals surface area contributed by atoms with Crippen molar-refractivity contribution in [3.05, 3.63) is 22.2 Å². The molecule has 1 amide bonds. The minimum atomic E-state index is -0.540. The van der Waals surface area contributed by atoms with Gasteiger partial charge in [-0.2, -0.15) is 0 Å². The number of nitrogens with two attached hydrogens (primary N) is 1. The molecule has 1 fully saturated rings. The number of primary amides is 1. The summed E-state index contributed by atoms with van der Waals surface area (Å²) in [5, 5.41) is 2.80. The first kappa shape index (κ1) is 10.7. The number of amides is 1. The first-order valence-corrected chi connectivity index (χ1v) is 5.23. The highest BCUT2D eigenvalue weighted by Gasteiger charge is 2.26. The Morgan fingerprint density at radius 3 is 2.94 bits per heavy atom. The summed E-state index contributed by atoms with van der Waals surface area (Å²) in [6.45, 7) is 1.63. The molecule has 16 heavy (non-hydrogen) atoms. The van der Waals surface area contributed by atoms with Crippen molar-refractivity contribution in [2.75, 3.05) is 5.32 Å². The van der Waals surface area contributed by atoms with Crippen LogP contribution in [0.4, 0.5) is 5.82 Å². The minimum Gasteiger partial charge on any atom is -0.368 e. The van der Waals surface area contributed by atoms with Crippen molar-refractivity contribution in [1.82, 2.24) is 9.97 Å². The lowest BCUT2D eigenvalue weighted by Crippen LogP contribution is -2.33. The Balaban J connectivity index is 2.20. The van der Waals surface area contributed by atoms with Crippen LogP contribution in [0.3, 0.4) is 0 Å². The van der Waals surface area contributed by atoms with Crippen LogP contribution < -0.4 is 16.6 Å². The van der Waals surface area contributed by atoms with Gasteiger partial charge in [-0.25, -0.2) is 4.98 Å². The maximum absolute atomic E-state index is 11.3. The van der Waals surface area contributed by atoms with Crippen LogP contribution in [0.5, 0.6) is 0 Å². The molecule has 0 saturated heterocycles. The Kier molecular flexibility index (Phi) is 2.64. The molecule has 6 nitrogen and oxygen atoms in total. The summed E-state index contributed by atoms with van der Waals surface area (Å²) in [6, 6.07) is 0.784. The maximum Gasteiger partial charge on any atom is 0.252 e. The molecule has 1 aromatic rings. The molecule has 0 radical (unpaired) electrons. The van der Waals surface area contributed by atoms with Crippen LogP contribution >= 0.6 is 0 Å². The number of aromatic amines is 1. The number of aromatic nitrogens is 2. The van der Waals surface area contributed by atoms with Gasteiger partial charge in [-0.15, -0.1) is 0 Å². The maximum atomic E-state index is 11.3. The zero-order valence-electron chi connectivity index (χ0n) is 8.99. The van der Waals surface area contributed by atoms with Crippen LogP contribution in [0.2, 0.25) is 0 Å². The molecule has 6 heteroatoms. The molecular formula is C10H14N4O2. The van der Waals surface area contributed by atoms with E-state index in [-0.39, 0.29) is 5.56 Å². The lowest BCUT2D eigenvalue weighted by Gasteiger charge is -2.10. The van der Waals surface area contributed by atoms with E-state index in [1.807, 2.05) is 0 Å². The average Bonchev–Trinajstić information content (AvgIpc) is 2.99. The van der Waals surface area contributed by atoms with Gasteiger partial charge in [-0.3, -0.25) is 9.59 Å². The number of carbonyl (C=O) groups is 1. The van der Waals surface area contributed by atoms with Crippen molar-refractivity contribution in [3.8, 4) is 0 Å². The number of hydrogen-bond donors (Lipinski definition) is 3. The van der Waals surface area contributed by atoms with E-state index in [9.17, 15) is 9.59 Å². The Morgan fingerprint density at radius 1 is 1.69 bits per heavy atom. The molecule has 1 heterocycles. The first-order chi connectivity index (χ1) is 7.56. The van der Waals surface area contributed by atoms with E-state index in [0.29, 0.717) is 17.6 Å².